The molecule has 4 aromatic rings. The summed E-state index contributed by atoms with van der Waals surface area (Å²) in [6, 6.07) is 16.0. The summed E-state index contributed by atoms with van der Waals surface area (Å²) in [5.41, 5.74) is 1.54. The van der Waals surface area contributed by atoms with E-state index in [4.69, 9.17) is 4.42 Å². The first kappa shape index (κ1) is 16.4. The first-order chi connectivity index (χ1) is 12.6. The monoisotopic (exact) mass is 365 g/mol. The van der Waals surface area contributed by atoms with Gasteiger partial charge in [0.25, 0.3) is 0 Å². The van der Waals surface area contributed by atoms with Crippen molar-refractivity contribution >= 4 is 28.5 Å². The quantitative estimate of drug-likeness (QED) is 0.427. The maximum absolute atomic E-state index is 12.4. The van der Waals surface area contributed by atoms with Crippen molar-refractivity contribution in [3.63, 3.8) is 0 Å². The van der Waals surface area contributed by atoms with E-state index in [2.05, 4.69) is 10.2 Å². The standard InChI is InChI=1S/C19H15N3O3S/c1-22-18(12-6-8-14(23)9-7-12)20-21-19(22)26-11-15(24)17-10-13-4-2-3-5-16(13)25-17/h2-10,23H,11H2,1H3. The Morgan fingerprint density at radius 1 is 1.15 bits per heavy atom. The van der Waals surface area contributed by atoms with Gasteiger partial charge in [0.05, 0.1) is 5.75 Å². The number of hydrogen-bond acceptors (Lipinski definition) is 6. The Hall–Kier alpha value is -3.06. The van der Waals surface area contributed by atoms with Crippen LogP contribution in [0.1, 0.15) is 10.6 Å². The average molecular weight is 365 g/mol. The summed E-state index contributed by atoms with van der Waals surface area (Å²) < 4.78 is 7.43. The highest BCUT2D eigenvalue weighted by molar-refractivity contribution is 7.99. The molecule has 0 saturated carbocycles. The maximum atomic E-state index is 12.4. The van der Waals surface area contributed by atoms with Crippen molar-refractivity contribution in [2.45, 2.75) is 5.16 Å². The lowest BCUT2D eigenvalue weighted by Crippen LogP contribution is -2.02. The highest BCUT2D eigenvalue weighted by Gasteiger charge is 2.16. The van der Waals surface area contributed by atoms with Crippen LogP contribution in [-0.2, 0) is 7.05 Å². The predicted octanol–water partition coefficient (Wildman–Crippen LogP) is 3.91. The van der Waals surface area contributed by atoms with Gasteiger partial charge in [-0.25, -0.2) is 0 Å². The summed E-state index contributed by atoms with van der Waals surface area (Å²) in [6.07, 6.45) is 0. The van der Waals surface area contributed by atoms with Gasteiger partial charge in [0.2, 0.25) is 5.78 Å². The molecule has 130 valence electrons. The molecule has 6 nitrogen and oxygen atoms in total. The molecule has 0 aliphatic rings. The molecule has 0 amide bonds. The van der Waals surface area contributed by atoms with Crippen LogP contribution in [0.2, 0.25) is 0 Å². The fourth-order valence-corrected chi connectivity index (χ4v) is 3.40. The second-order valence-corrected chi connectivity index (χ2v) is 6.71. The highest BCUT2D eigenvalue weighted by Crippen LogP contribution is 2.25. The molecule has 0 radical (unpaired) electrons. The van der Waals surface area contributed by atoms with Gasteiger partial charge >= 0.3 is 0 Å². The van der Waals surface area contributed by atoms with Crippen LogP contribution in [0.4, 0.5) is 0 Å². The molecule has 0 aliphatic heterocycles. The van der Waals surface area contributed by atoms with E-state index in [-0.39, 0.29) is 17.3 Å². The number of aromatic nitrogens is 3. The number of benzene rings is 2. The number of Topliss-reactive ketones (excluding diaryl/α,β-unsaturated/α-hetero) is 1. The molecular weight excluding hydrogens is 350 g/mol. The van der Waals surface area contributed by atoms with Crippen LogP contribution in [-0.4, -0.2) is 31.4 Å². The Balaban J connectivity index is 1.49. The van der Waals surface area contributed by atoms with Gasteiger partial charge in [-0.05, 0) is 36.4 Å². The summed E-state index contributed by atoms with van der Waals surface area (Å²) in [5, 5.41) is 19.3. The minimum Gasteiger partial charge on any atom is -0.508 e. The van der Waals surface area contributed by atoms with Crippen molar-refractivity contribution < 1.29 is 14.3 Å². The second-order valence-electron chi connectivity index (χ2n) is 5.77. The van der Waals surface area contributed by atoms with E-state index in [0.717, 1.165) is 10.9 Å². The zero-order chi connectivity index (χ0) is 18.1. The molecule has 26 heavy (non-hydrogen) atoms. The van der Waals surface area contributed by atoms with Gasteiger partial charge in [0, 0.05) is 18.0 Å². The molecule has 0 aliphatic carbocycles. The molecule has 0 fully saturated rings. The highest BCUT2D eigenvalue weighted by atomic mass is 32.2. The molecule has 1 N–H and O–H groups in total. The number of para-hydroxylation sites is 1. The van der Waals surface area contributed by atoms with Crippen LogP contribution >= 0.6 is 11.8 Å². The van der Waals surface area contributed by atoms with Gasteiger partial charge < -0.3 is 14.1 Å². The lowest BCUT2D eigenvalue weighted by Gasteiger charge is -2.03. The topological polar surface area (TPSA) is 81.2 Å². The van der Waals surface area contributed by atoms with E-state index >= 15 is 0 Å². The summed E-state index contributed by atoms with van der Waals surface area (Å²) in [6.45, 7) is 0. The average Bonchev–Trinajstić information content (AvgIpc) is 3.24. The Morgan fingerprint density at radius 3 is 2.69 bits per heavy atom. The molecule has 2 heterocycles. The molecule has 0 atom stereocenters. The number of nitrogens with zero attached hydrogens (tertiary/aromatic N) is 3. The first-order valence-electron chi connectivity index (χ1n) is 7.95. The number of phenols is 1. The number of fused-ring (bicyclic) bond motifs is 1. The zero-order valence-corrected chi connectivity index (χ0v) is 14.7. The molecule has 4 rings (SSSR count). The van der Waals surface area contributed by atoms with Crippen molar-refractivity contribution in [3.05, 3.63) is 60.4 Å². The summed E-state index contributed by atoms with van der Waals surface area (Å²) in [5.74, 6) is 1.33. The molecule has 0 saturated heterocycles. The normalized spacial score (nSPS) is 11.1. The van der Waals surface area contributed by atoms with Crippen LogP contribution in [0.3, 0.4) is 0 Å². The number of ketones is 1. The molecule has 2 aromatic heterocycles. The van der Waals surface area contributed by atoms with Crippen LogP contribution in [0.15, 0.2) is 64.2 Å². The van der Waals surface area contributed by atoms with E-state index in [0.29, 0.717) is 22.3 Å². The minimum atomic E-state index is -0.0969. The summed E-state index contributed by atoms with van der Waals surface area (Å²) in [7, 11) is 1.84. The van der Waals surface area contributed by atoms with Gasteiger partial charge in [-0.15, -0.1) is 10.2 Å². The van der Waals surface area contributed by atoms with E-state index in [1.54, 1.807) is 30.3 Å². The zero-order valence-electron chi connectivity index (χ0n) is 13.9. The lowest BCUT2D eigenvalue weighted by atomic mass is 10.2. The number of thioether (sulfide) groups is 1. The number of carbonyl (C=O) groups excluding carboxylic acids is 1. The fourth-order valence-electron chi connectivity index (χ4n) is 2.62. The predicted molar refractivity (Wildman–Crippen MR) is 99.4 cm³/mol. The van der Waals surface area contributed by atoms with Crippen molar-refractivity contribution in [1.82, 2.24) is 14.8 Å². The fraction of sp³-hybridized carbons (Fsp3) is 0.105. The Bertz CT molecular complexity index is 1050. The van der Waals surface area contributed by atoms with Gasteiger partial charge in [0.1, 0.15) is 11.3 Å². The van der Waals surface area contributed by atoms with Gasteiger partial charge in [-0.1, -0.05) is 30.0 Å². The molecule has 0 spiro atoms. The molecule has 7 heteroatoms. The van der Waals surface area contributed by atoms with Crippen molar-refractivity contribution in [3.8, 4) is 17.1 Å². The number of aromatic hydroxyl groups is 1. The van der Waals surface area contributed by atoms with Crippen molar-refractivity contribution in [2.24, 2.45) is 7.05 Å². The Morgan fingerprint density at radius 2 is 1.92 bits per heavy atom. The van der Waals surface area contributed by atoms with E-state index in [1.165, 1.54) is 11.8 Å². The lowest BCUT2D eigenvalue weighted by molar-refractivity contribution is 0.0994. The smallest absolute Gasteiger partial charge is 0.208 e. The van der Waals surface area contributed by atoms with Crippen molar-refractivity contribution in [1.29, 1.82) is 0 Å². The van der Waals surface area contributed by atoms with Crippen LogP contribution in [0, 0.1) is 0 Å². The maximum Gasteiger partial charge on any atom is 0.208 e. The van der Waals surface area contributed by atoms with Crippen LogP contribution < -0.4 is 0 Å². The van der Waals surface area contributed by atoms with Crippen molar-refractivity contribution in [2.75, 3.05) is 5.75 Å². The van der Waals surface area contributed by atoms with E-state index in [9.17, 15) is 9.90 Å². The minimum absolute atomic E-state index is 0.0969. The largest absolute Gasteiger partial charge is 0.508 e. The van der Waals surface area contributed by atoms with Crippen LogP contribution in [0.5, 0.6) is 5.75 Å². The van der Waals surface area contributed by atoms with E-state index in [1.807, 2.05) is 35.9 Å². The number of hydrogen-bond donors (Lipinski definition) is 1. The SMILES string of the molecule is Cn1c(SCC(=O)c2cc3ccccc3o2)nnc1-c1ccc(O)cc1. The van der Waals surface area contributed by atoms with Gasteiger partial charge in [-0.2, -0.15) is 0 Å². The third kappa shape index (κ3) is 3.09. The molecule has 0 bridgehead atoms. The van der Waals surface area contributed by atoms with Gasteiger partial charge in [-0.3, -0.25) is 4.79 Å². The third-order valence-corrected chi connectivity index (χ3v) is 5.01. The molecule has 0 unspecified atom stereocenters. The van der Waals surface area contributed by atoms with Crippen LogP contribution in [0.25, 0.3) is 22.4 Å². The second kappa shape index (κ2) is 6.68. The first-order valence-corrected chi connectivity index (χ1v) is 8.94. The van der Waals surface area contributed by atoms with E-state index < -0.39 is 0 Å². The number of furan rings is 1. The molecular formula is C19H15N3O3S. The summed E-state index contributed by atoms with van der Waals surface area (Å²) in [4.78, 5) is 12.4. The third-order valence-electron chi connectivity index (χ3n) is 3.99. The molecule has 2 aromatic carbocycles. The van der Waals surface area contributed by atoms with Gasteiger partial charge in [0.15, 0.2) is 16.7 Å². The number of rotatable bonds is 5. The number of phenolic OH excluding ortho intramolecular Hbond substituents is 1. The number of carbonyl (C=O) groups is 1. The Labute approximate surface area is 153 Å². The summed E-state index contributed by atoms with van der Waals surface area (Å²) >= 11 is 1.31. The Kier molecular flexibility index (Phi) is 4.22.